The van der Waals surface area contributed by atoms with Gasteiger partial charge in [-0.2, -0.15) is 0 Å². The summed E-state index contributed by atoms with van der Waals surface area (Å²) in [5.74, 6) is -2.68. The lowest BCUT2D eigenvalue weighted by Gasteiger charge is -2.17. The predicted octanol–water partition coefficient (Wildman–Crippen LogP) is 2.55. The van der Waals surface area contributed by atoms with Crippen LogP contribution in [0, 0.1) is 34.8 Å². The number of anilines is 1. The highest BCUT2D eigenvalue weighted by atomic mass is 16.6. The van der Waals surface area contributed by atoms with Crippen LogP contribution in [0.15, 0.2) is 18.2 Å². The monoisotopic (exact) mass is 390 g/mol. The van der Waals surface area contributed by atoms with Gasteiger partial charge in [0.2, 0.25) is 6.54 Å². The van der Waals surface area contributed by atoms with Crippen molar-refractivity contribution < 1.29 is 24.0 Å². The molecule has 1 aromatic carbocycles. The Bertz CT molecular complexity index is 776. The number of carbonyl (C=O) groups is 3. The first-order valence-electron chi connectivity index (χ1n) is 9.41. The van der Waals surface area contributed by atoms with Crippen LogP contribution in [-0.4, -0.2) is 35.7 Å². The van der Waals surface area contributed by atoms with Crippen LogP contribution < -0.4 is 5.32 Å². The van der Waals surface area contributed by atoms with Crippen molar-refractivity contribution in [1.82, 2.24) is 0 Å². The number of nitrogens with zero attached hydrogens (tertiary/aromatic N) is 1. The summed E-state index contributed by atoms with van der Waals surface area (Å²) in [5, 5.41) is 13.6. The molecule has 1 aliphatic rings. The highest BCUT2D eigenvalue weighted by Crippen LogP contribution is 2.36. The highest BCUT2D eigenvalue weighted by molar-refractivity contribution is 5.94. The first kappa shape index (κ1) is 21.5. The molecule has 0 bridgehead atoms. The number of nitro groups is 1. The molecule has 1 N–H and O–H groups in total. The van der Waals surface area contributed by atoms with Gasteiger partial charge < -0.3 is 10.1 Å². The van der Waals surface area contributed by atoms with Gasteiger partial charge in [0.25, 0.3) is 5.91 Å². The van der Waals surface area contributed by atoms with E-state index in [1.807, 2.05) is 32.0 Å². The van der Waals surface area contributed by atoms with Gasteiger partial charge in [-0.1, -0.05) is 32.0 Å². The lowest BCUT2D eigenvalue weighted by Crippen LogP contribution is -2.28. The Morgan fingerprint density at radius 3 is 2.71 bits per heavy atom. The van der Waals surface area contributed by atoms with Gasteiger partial charge in [0, 0.05) is 28.9 Å². The van der Waals surface area contributed by atoms with Crippen molar-refractivity contribution in [1.29, 1.82) is 0 Å². The van der Waals surface area contributed by atoms with E-state index in [1.165, 1.54) is 0 Å². The van der Waals surface area contributed by atoms with Gasteiger partial charge in [-0.25, -0.2) is 0 Å². The van der Waals surface area contributed by atoms with E-state index >= 15 is 0 Å². The number of aryl methyl sites for hydroxylation is 2. The summed E-state index contributed by atoms with van der Waals surface area (Å²) in [6.07, 6.45) is 0.737. The lowest BCUT2D eigenvalue weighted by molar-refractivity contribution is -0.490. The van der Waals surface area contributed by atoms with E-state index in [9.17, 15) is 24.5 Å². The van der Waals surface area contributed by atoms with Crippen LogP contribution >= 0.6 is 0 Å². The molecule has 1 fully saturated rings. The molecule has 8 nitrogen and oxygen atoms in total. The average Bonchev–Trinajstić information content (AvgIpc) is 2.88. The van der Waals surface area contributed by atoms with Gasteiger partial charge in [0.05, 0.1) is 6.42 Å². The number of benzene rings is 1. The molecule has 152 valence electrons. The number of hydrogen-bond acceptors (Lipinski definition) is 6. The second-order valence-corrected chi connectivity index (χ2v) is 7.31. The zero-order valence-electron chi connectivity index (χ0n) is 16.4. The lowest BCUT2D eigenvalue weighted by atomic mass is 9.88. The molecule has 1 aromatic rings. The molecular formula is C20H26N2O6. The highest BCUT2D eigenvalue weighted by Gasteiger charge is 2.44. The van der Waals surface area contributed by atoms with Gasteiger partial charge >= 0.3 is 5.97 Å². The van der Waals surface area contributed by atoms with E-state index in [4.69, 9.17) is 4.74 Å². The number of rotatable bonds is 8. The van der Waals surface area contributed by atoms with E-state index in [1.54, 1.807) is 6.92 Å². The van der Waals surface area contributed by atoms with Gasteiger partial charge in [0.15, 0.2) is 6.61 Å². The Morgan fingerprint density at radius 2 is 2.07 bits per heavy atom. The molecule has 28 heavy (non-hydrogen) atoms. The minimum absolute atomic E-state index is 0.146. The van der Waals surface area contributed by atoms with Gasteiger partial charge in [-0.05, 0) is 30.4 Å². The number of amides is 1. The standard InChI is InChI=1S/C20H26N2O6/c1-4-14-7-5-6-12(2)20(14)21-18(24)11-28-19(25)9-15-16(10-22(26)27)13(3)8-17(15)23/h5-7,13,15-16H,4,8-11H2,1-3H3,(H,21,24)/t13-,15-,16-/m1/s1. The molecule has 0 unspecified atom stereocenters. The first-order valence-corrected chi connectivity index (χ1v) is 9.41. The molecule has 2 rings (SSSR count). The van der Waals surface area contributed by atoms with E-state index < -0.39 is 35.2 Å². The van der Waals surface area contributed by atoms with E-state index in [0.29, 0.717) is 5.69 Å². The number of para-hydroxylation sites is 1. The summed E-state index contributed by atoms with van der Waals surface area (Å²) < 4.78 is 5.02. The van der Waals surface area contributed by atoms with Crippen molar-refractivity contribution in [3.8, 4) is 0 Å². The molecule has 0 aliphatic heterocycles. The fraction of sp³-hybridized carbons (Fsp3) is 0.550. The van der Waals surface area contributed by atoms with Gasteiger partial charge in [-0.15, -0.1) is 0 Å². The Hall–Kier alpha value is -2.77. The summed E-state index contributed by atoms with van der Waals surface area (Å²) in [6, 6.07) is 5.70. The Balaban J connectivity index is 1.91. The van der Waals surface area contributed by atoms with Crippen LogP contribution in [0.2, 0.25) is 0 Å². The van der Waals surface area contributed by atoms with E-state index in [2.05, 4.69) is 5.32 Å². The molecule has 1 amide bonds. The number of ketones is 1. The normalized spacial score (nSPS) is 21.4. The Kier molecular flexibility index (Phi) is 7.25. The molecule has 0 spiro atoms. The summed E-state index contributed by atoms with van der Waals surface area (Å²) in [7, 11) is 0. The molecule has 0 heterocycles. The molecule has 0 radical (unpaired) electrons. The third-order valence-corrected chi connectivity index (χ3v) is 5.30. The van der Waals surface area contributed by atoms with Crippen molar-refractivity contribution in [3.05, 3.63) is 39.4 Å². The second kappa shape index (κ2) is 9.43. The second-order valence-electron chi connectivity index (χ2n) is 7.31. The maximum Gasteiger partial charge on any atom is 0.307 e. The maximum atomic E-state index is 12.2. The van der Waals surface area contributed by atoms with Crippen molar-refractivity contribution >= 4 is 23.3 Å². The smallest absolute Gasteiger partial charge is 0.307 e. The Labute approximate surface area is 163 Å². The zero-order valence-corrected chi connectivity index (χ0v) is 16.4. The van der Waals surface area contributed by atoms with Crippen molar-refractivity contribution in [2.75, 3.05) is 18.5 Å². The third-order valence-electron chi connectivity index (χ3n) is 5.30. The molecule has 3 atom stereocenters. The van der Waals surface area contributed by atoms with Crippen molar-refractivity contribution in [2.45, 2.75) is 40.0 Å². The number of carbonyl (C=O) groups excluding carboxylic acids is 3. The third kappa shape index (κ3) is 5.37. The van der Waals surface area contributed by atoms with Crippen LogP contribution in [0.1, 0.15) is 37.8 Å². The van der Waals surface area contributed by atoms with Crippen LogP contribution in [0.3, 0.4) is 0 Å². The fourth-order valence-corrected chi connectivity index (χ4v) is 3.76. The van der Waals surface area contributed by atoms with Crippen LogP contribution in [0.5, 0.6) is 0 Å². The van der Waals surface area contributed by atoms with E-state index in [-0.39, 0.29) is 31.1 Å². The number of esters is 1. The number of Topliss-reactive ketones (excluding diaryl/α,β-unsaturated/α-hetero) is 1. The SMILES string of the molecule is CCc1cccc(C)c1NC(=O)COC(=O)C[C@H]1C(=O)C[C@@H](C)[C@H]1C[N+](=O)[O-]. The zero-order chi connectivity index (χ0) is 20.8. The topological polar surface area (TPSA) is 116 Å². The van der Waals surface area contributed by atoms with Crippen LogP contribution in [-0.2, 0) is 25.5 Å². The predicted molar refractivity (Wildman–Crippen MR) is 102 cm³/mol. The maximum absolute atomic E-state index is 12.2. The molecule has 1 aliphatic carbocycles. The van der Waals surface area contributed by atoms with Crippen molar-refractivity contribution in [3.63, 3.8) is 0 Å². The largest absolute Gasteiger partial charge is 0.456 e. The minimum Gasteiger partial charge on any atom is -0.456 e. The number of nitrogens with one attached hydrogen (secondary N) is 1. The minimum atomic E-state index is -0.723. The summed E-state index contributed by atoms with van der Waals surface area (Å²) in [6.45, 7) is 4.82. The summed E-state index contributed by atoms with van der Waals surface area (Å²) in [5.41, 5.74) is 2.59. The molecule has 8 heteroatoms. The molecule has 1 saturated carbocycles. The summed E-state index contributed by atoms with van der Waals surface area (Å²) >= 11 is 0. The molecular weight excluding hydrogens is 364 g/mol. The van der Waals surface area contributed by atoms with Gasteiger partial charge in [0.1, 0.15) is 5.78 Å². The quantitative estimate of drug-likeness (QED) is 0.414. The van der Waals surface area contributed by atoms with Crippen LogP contribution in [0.25, 0.3) is 0 Å². The summed E-state index contributed by atoms with van der Waals surface area (Å²) in [4.78, 5) is 46.7. The van der Waals surface area contributed by atoms with Crippen LogP contribution in [0.4, 0.5) is 5.69 Å². The number of ether oxygens (including phenoxy) is 1. The molecule has 0 aromatic heterocycles. The fourth-order valence-electron chi connectivity index (χ4n) is 3.76. The number of hydrogen-bond donors (Lipinski definition) is 1. The van der Waals surface area contributed by atoms with Crippen molar-refractivity contribution in [2.24, 2.45) is 17.8 Å². The van der Waals surface area contributed by atoms with E-state index in [0.717, 1.165) is 17.5 Å². The average molecular weight is 390 g/mol. The molecule has 0 saturated heterocycles. The Morgan fingerprint density at radius 1 is 1.36 bits per heavy atom. The van der Waals surface area contributed by atoms with Gasteiger partial charge in [-0.3, -0.25) is 24.5 Å². The first-order chi connectivity index (χ1) is 13.2.